The molecule has 0 aromatic heterocycles. The van der Waals surface area contributed by atoms with Gasteiger partial charge in [0.15, 0.2) is 0 Å². The van der Waals surface area contributed by atoms with Crippen LogP contribution >= 0.6 is 22.5 Å². The molecule has 0 saturated heterocycles. The molecule has 0 spiro atoms. The Morgan fingerprint density at radius 2 is 1.83 bits per heavy atom. The van der Waals surface area contributed by atoms with Gasteiger partial charge in [0.1, 0.15) is 0 Å². The Morgan fingerprint density at radius 1 is 1.33 bits per heavy atom. The Balaban J connectivity index is 0. The Hall–Kier alpha value is -0.0800. The van der Waals surface area contributed by atoms with E-state index in [1.807, 2.05) is 45.9 Å². The average molecular weight is 202 g/mol. The van der Waals surface area contributed by atoms with Crippen LogP contribution < -0.4 is 0 Å². The van der Waals surface area contributed by atoms with Gasteiger partial charge >= 0.3 is 0 Å². The third-order valence-corrected chi connectivity index (χ3v) is 2.14. The average Bonchev–Trinajstić information content (AvgIpc) is 2.09. The maximum atomic E-state index is 4.07. The van der Waals surface area contributed by atoms with Gasteiger partial charge < -0.3 is 0 Å². The van der Waals surface area contributed by atoms with E-state index in [4.69, 9.17) is 0 Å². The summed E-state index contributed by atoms with van der Waals surface area (Å²) in [7, 11) is 1.44. The summed E-state index contributed by atoms with van der Waals surface area (Å²) >= 11 is 4.07. The standard InChI is InChI=1S/C8H12S2.C2H6/c1-4-8(10-9)6-5-7(2)3;1-2/h4-6,9H,2H2,1,3H3;1-2H3/b6-5-,8-4+;. The molecule has 0 unspecified atom stereocenters. The number of thiol groups is 1. The summed E-state index contributed by atoms with van der Waals surface area (Å²) in [4.78, 5) is 1.14. The maximum Gasteiger partial charge on any atom is 0.0137 e. The summed E-state index contributed by atoms with van der Waals surface area (Å²) in [5.41, 5.74) is 1.06. The van der Waals surface area contributed by atoms with Gasteiger partial charge in [0.25, 0.3) is 0 Å². The first-order valence-electron chi connectivity index (χ1n) is 4.02. The second-order valence-corrected chi connectivity index (χ2v) is 3.16. The molecule has 0 aromatic rings. The third-order valence-electron chi connectivity index (χ3n) is 0.922. The van der Waals surface area contributed by atoms with Crippen LogP contribution in [0.25, 0.3) is 0 Å². The van der Waals surface area contributed by atoms with E-state index in [1.54, 1.807) is 0 Å². The van der Waals surface area contributed by atoms with Crippen LogP contribution in [0.3, 0.4) is 0 Å². The fourth-order valence-electron chi connectivity index (χ4n) is 0.404. The van der Waals surface area contributed by atoms with Crippen molar-refractivity contribution in [3.63, 3.8) is 0 Å². The first kappa shape index (κ1) is 14.4. The predicted octanol–water partition coefficient (Wildman–Crippen LogP) is 4.63. The lowest BCUT2D eigenvalue weighted by Gasteiger charge is -1.91. The van der Waals surface area contributed by atoms with Gasteiger partial charge in [-0.05, 0) is 19.9 Å². The van der Waals surface area contributed by atoms with Crippen molar-refractivity contribution >= 4 is 22.5 Å². The molecule has 2 heteroatoms. The molecular weight excluding hydrogens is 184 g/mol. The lowest BCUT2D eigenvalue weighted by molar-refractivity contribution is 1.50. The lowest BCUT2D eigenvalue weighted by atomic mass is 10.3. The van der Waals surface area contributed by atoms with Gasteiger partial charge in [-0.15, -0.1) is 11.7 Å². The van der Waals surface area contributed by atoms with Crippen LogP contribution in [0.15, 0.2) is 35.3 Å². The summed E-state index contributed by atoms with van der Waals surface area (Å²) in [5.74, 6) is 0. The van der Waals surface area contributed by atoms with Gasteiger partial charge in [-0.25, -0.2) is 0 Å². The minimum absolute atomic E-state index is 1.06. The van der Waals surface area contributed by atoms with Crippen molar-refractivity contribution in [3.05, 3.63) is 35.3 Å². The van der Waals surface area contributed by atoms with Crippen LogP contribution in [0, 0.1) is 0 Å². The van der Waals surface area contributed by atoms with Crippen LogP contribution in [0.1, 0.15) is 27.7 Å². The van der Waals surface area contributed by atoms with Gasteiger partial charge in [0.2, 0.25) is 0 Å². The van der Waals surface area contributed by atoms with Gasteiger partial charge in [0.05, 0.1) is 0 Å². The molecule has 0 bridgehead atoms. The zero-order valence-corrected chi connectivity index (χ0v) is 10.0. The highest BCUT2D eigenvalue weighted by molar-refractivity contribution is 8.70. The van der Waals surface area contributed by atoms with Crippen molar-refractivity contribution in [2.45, 2.75) is 27.7 Å². The van der Waals surface area contributed by atoms with Crippen molar-refractivity contribution in [1.82, 2.24) is 0 Å². The molecule has 12 heavy (non-hydrogen) atoms. The number of allylic oxidation sites excluding steroid dienone is 4. The molecular formula is C10H18S2. The molecule has 0 radical (unpaired) electrons. The Morgan fingerprint density at radius 3 is 2.08 bits per heavy atom. The molecule has 70 valence electrons. The molecule has 0 amide bonds. The van der Waals surface area contributed by atoms with Crippen molar-refractivity contribution in [2.24, 2.45) is 0 Å². The SMILES string of the molecule is C=C(C)/C=C\C(=C/C)SS.CC. The highest BCUT2D eigenvalue weighted by Gasteiger charge is 1.84. The quantitative estimate of drug-likeness (QED) is 0.395. The lowest BCUT2D eigenvalue weighted by Crippen LogP contribution is -1.65. The maximum absolute atomic E-state index is 4.07. The van der Waals surface area contributed by atoms with E-state index in [-0.39, 0.29) is 0 Å². The van der Waals surface area contributed by atoms with E-state index < -0.39 is 0 Å². The molecule has 0 nitrogen and oxygen atoms in total. The fraction of sp³-hybridized carbons (Fsp3) is 0.400. The molecule has 0 heterocycles. The molecule has 0 aliphatic carbocycles. The van der Waals surface area contributed by atoms with Crippen LogP contribution in [0.2, 0.25) is 0 Å². The van der Waals surface area contributed by atoms with Crippen molar-refractivity contribution in [3.8, 4) is 0 Å². The monoisotopic (exact) mass is 202 g/mol. The van der Waals surface area contributed by atoms with E-state index in [1.165, 1.54) is 10.8 Å². The minimum Gasteiger partial charge on any atom is -0.106 e. The second-order valence-electron chi connectivity index (χ2n) is 1.96. The first-order chi connectivity index (χ1) is 5.70. The van der Waals surface area contributed by atoms with E-state index in [2.05, 4.69) is 18.2 Å². The van der Waals surface area contributed by atoms with E-state index in [0.29, 0.717) is 0 Å². The Kier molecular flexibility index (Phi) is 13.1. The zero-order chi connectivity index (χ0) is 9.98. The summed E-state index contributed by atoms with van der Waals surface area (Å²) in [6, 6.07) is 0. The van der Waals surface area contributed by atoms with Gasteiger partial charge in [-0.1, -0.05) is 48.9 Å². The zero-order valence-electron chi connectivity index (χ0n) is 8.29. The predicted molar refractivity (Wildman–Crippen MR) is 65.6 cm³/mol. The van der Waals surface area contributed by atoms with Gasteiger partial charge in [-0.2, -0.15) is 0 Å². The normalized spacial score (nSPS) is 10.9. The van der Waals surface area contributed by atoms with Crippen molar-refractivity contribution in [1.29, 1.82) is 0 Å². The molecule has 0 aliphatic heterocycles. The summed E-state index contributed by atoms with van der Waals surface area (Å²) in [6.45, 7) is 11.7. The van der Waals surface area contributed by atoms with Crippen molar-refractivity contribution in [2.75, 3.05) is 0 Å². The topological polar surface area (TPSA) is 0 Å². The largest absolute Gasteiger partial charge is 0.106 e. The molecule has 0 fully saturated rings. The van der Waals surface area contributed by atoms with Crippen molar-refractivity contribution < 1.29 is 0 Å². The Labute approximate surface area is 85.6 Å². The fourth-order valence-corrected chi connectivity index (χ4v) is 1.14. The highest BCUT2D eigenvalue weighted by Crippen LogP contribution is 2.20. The number of rotatable bonds is 3. The highest BCUT2D eigenvalue weighted by atomic mass is 33.1. The van der Waals surface area contributed by atoms with Crippen LogP contribution in [0.5, 0.6) is 0 Å². The van der Waals surface area contributed by atoms with Crippen LogP contribution in [-0.2, 0) is 0 Å². The third kappa shape index (κ3) is 9.92. The van der Waals surface area contributed by atoms with Gasteiger partial charge in [0, 0.05) is 4.91 Å². The van der Waals surface area contributed by atoms with Crippen LogP contribution in [0.4, 0.5) is 0 Å². The molecule has 0 N–H and O–H groups in total. The molecule has 0 atom stereocenters. The van der Waals surface area contributed by atoms with Crippen LogP contribution in [-0.4, -0.2) is 0 Å². The van der Waals surface area contributed by atoms with E-state index >= 15 is 0 Å². The molecule has 0 aliphatic rings. The number of hydrogen-bond donors (Lipinski definition) is 1. The second kappa shape index (κ2) is 10.9. The summed E-state index contributed by atoms with van der Waals surface area (Å²) in [5, 5.41) is 0. The Bertz CT molecular complexity index is 167. The summed E-state index contributed by atoms with van der Waals surface area (Å²) < 4.78 is 0. The molecule has 0 saturated carbocycles. The summed E-state index contributed by atoms with van der Waals surface area (Å²) in [6.07, 6.45) is 5.98. The smallest absolute Gasteiger partial charge is 0.0137 e. The molecule has 0 rings (SSSR count). The van der Waals surface area contributed by atoms with E-state index in [9.17, 15) is 0 Å². The number of hydrogen-bond acceptors (Lipinski definition) is 2. The molecule has 0 aromatic carbocycles. The van der Waals surface area contributed by atoms with Gasteiger partial charge in [-0.3, -0.25) is 0 Å². The van der Waals surface area contributed by atoms with E-state index in [0.717, 1.165) is 10.5 Å². The minimum atomic E-state index is 1.06. The first-order valence-corrected chi connectivity index (χ1v) is 5.89.